The molecule has 0 fully saturated rings. The lowest BCUT2D eigenvalue weighted by molar-refractivity contribution is 0.0844. The number of halogens is 4. The fourth-order valence-corrected chi connectivity index (χ4v) is 2.69. The second-order valence-corrected chi connectivity index (χ2v) is 6.82. The van der Waals surface area contributed by atoms with Crippen LogP contribution >= 0.6 is 46.4 Å². The summed E-state index contributed by atoms with van der Waals surface area (Å²) in [6, 6.07) is -0.0409. The molecule has 2 N–H and O–H groups in total. The predicted octanol–water partition coefficient (Wildman–Crippen LogP) is 2.41. The first-order valence-corrected chi connectivity index (χ1v) is 9.59. The Morgan fingerprint density at radius 3 is 1.21 bits per heavy atom. The van der Waals surface area contributed by atoms with Crippen LogP contribution in [0.5, 0.6) is 12.0 Å². The first-order valence-electron chi connectivity index (χ1n) is 8.07. The molecule has 0 saturated heterocycles. The number of hydrogen-bond donors (Lipinski definition) is 2. The minimum absolute atomic E-state index is 0.0204. The van der Waals surface area contributed by atoms with Crippen LogP contribution in [-0.4, -0.2) is 65.5 Å². The predicted molar refractivity (Wildman–Crippen MR) is 101 cm³/mol. The fraction of sp³-hybridized carbons (Fsp3) is 0.571. The summed E-state index contributed by atoms with van der Waals surface area (Å²) < 4.78 is 10.5. The van der Waals surface area contributed by atoms with E-state index < -0.39 is 12.2 Å². The van der Waals surface area contributed by atoms with Crippen molar-refractivity contribution in [2.24, 2.45) is 0 Å². The van der Waals surface area contributed by atoms with Gasteiger partial charge in [-0.05, 0) is 59.2 Å². The van der Waals surface area contributed by atoms with Gasteiger partial charge in [0.1, 0.15) is 0 Å². The summed E-state index contributed by atoms with van der Waals surface area (Å²) >= 11 is 22.5. The summed E-state index contributed by atoms with van der Waals surface area (Å²) in [4.78, 5) is 22.2. The van der Waals surface area contributed by atoms with E-state index in [4.69, 9.17) is 55.9 Å². The summed E-state index contributed by atoms with van der Waals surface area (Å²) in [6.45, 7) is 0.301. The summed E-state index contributed by atoms with van der Waals surface area (Å²) in [5.74, 6) is 0. The summed E-state index contributed by atoms with van der Waals surface area (Å²) in [5, 5.41) is 19.6. The molecular weight excluding hydrogens is 458 g/mol. The van der Waals surface area contributed by atoms with E-state index in [0.29, 0.717) is 25.7 Å². The number of hydrogen-bond acceptors (Lipinski definition) is 10. The van der Waals surface area contributed by atoms with Gasteiger partial charge in [0.2, 0.25) is 21.1 Å². The van der Waals surface area contributed by atoms with Gasteiger partial charge in [-0.15, -0.1) is 0 Å². The number of ether oxygens (including phenoxy) is 2. The fourth-order valence-electron chi connectivity index (χ4n) is 1.99. The number of aromatic nitrogens is 6. The van der Waals surface area contributed by atoms with Crippen molar-refractivity contribution in [1.82, 2.24) is 29.9 Å². The third-order valence-corrected chi connectivity index (χ3v) is 3.99. The molecule has 2 rings (SSSR count). The molecule has 0 aliphatic rings. The highest BCUT2D eigenvalue weighted by Crippen LogP contribution is 2.14. The van der Waals surface area contributed by atoms with Crippen molar-refractivity contribution in [3.05, 3.63) is 21.1 Å². The standard InChI is InChI=1S/C14H16Cl4N6O4/c15-9-19-10(16)22-13(21-9)27-5-3-7(25)1-2-8(26)4-6-28-14-23-11(17)20-12(18)24-14/h7-8,25-26H,1-6H2. The van der Waals surface area contributed by atoms with Crippen LogP contribution in [0.25, 0.3) is 0 Å². The molecule has 28 heavy (non-hydrogen) atoms. The minimum atomic E-state index is -0.676. The Morgan fingerprint density at radius 2 is 0.893 bits per heavy atom. The van der Waals surface area contributed by atoms with Crippen molar-refractivity contribution in [3.8, 4) is 12.0 Å². The molecule has 0 radical (unpaired) electrons. The maximum atomic E-state index is 9.97. The molecule has 154 valence electrons. The largest absolute Gasteiger partial charge is 0.463 e. The highest BCUT2D eigenvalue weighted by atomic mass is 35.5. The maximum Gasteiger partial charge on any atom is 0.322 e. The Morgan fingerprint density at radius 1 is 0.571 bits per heavy atom. The highest BCUT2D eigenvalue weighted by molar-refractivity contribution is 6.31. The molecule has 2 aromatic heterocycles. The normalized spacial score (nSPS) is 13.2. The molecular formula is C14H16Cl4N6O4. The van der Waals surface area contributed by atoms with Crippen molar-refractivity contribution >= 4 is 46.4 Å². The first-order chi connectivity index (χ1) is 13.3. The van der Waals surface area contributed by atoms with Gasteiger partial charge in [0.25, 0.3) is 0 Å². The Labute approximate surface area is 180 Å². The molecule has 0 aliphatic heterocycles. The van der Waals surface area contributed by atoms with Gasteiger partial charge in [-0.3, -0.25) is 0 Å². The van der Waals surface area contributed by atoms with E-state index in [-0.39, 0.29) is 46.4 Å². The van der Waals surface area contributed by atoms with Gasteiger partial charge in [0.15, 0.2) is 0 Å². The van der Waals surface area contributed by atoms with E-state index in [1.54, 1.807) is 0 Å². The van der Waals surface area contributed by atoms with Crippen LogP contribution in [-0.2, 0) is 0 Å². The zero-order chi connectivity index (χ0) is 20.5. The van der Waals surface area contributed by atoms with Crippen molar-refractivity contribution in [2.75, 3.05) is 13.2 Å². The SMILES string of the molecule is OC(CCOc1nc(Cl)nc(Cl)n1)CCC(O)CCOc1nc(Cl)nc(Cl)n1. The number of aliphatic hydroxyl groups is 2. The van der Waals surface area contributed by atoms with Crippen molar-refractivity contribution < 1.29 is 19.7 Å². The lowest BCUT2D eigenvalue weighted by Gasteiger charge is -2.14. The van der Waals surface area contributed by atoms with Crippen LogP contribution in [0.4, 0.5) is 0 Å². The average Bonchev–Trinajstić information content (AvgIpc) is 2.58. The molecule has 2 aromatic rings. The monoisotopic (exact) mass is 472 g/mol. The van der Waals surface area contributed by atoms with Crippen LogP contribution in [0.15, 0.2) is 0 Å². The molecule has 2 heterocycles. The lowest BCUT2D eigenvalue weighted by atomic mass is 10.1. The van der Waals surface area contributed by atoms with E-state index in [9.17, 15) is 10.2 Å². The van der Waals surface area contributed by atoms with E-state index in [0.717, 1.165) is 0 Å². The zero-order valence-electron chi connectivity index (χ0n) is 14.3. The molecule has 0 saturated carbocycles. The Kier molecular flexibility index (Phi) is 9.56. The molecule has 0 aliphatic carbocycles. The van der Waals surface area contributed by atoms with E-state index in [1.807, 2.05) is 0 Å². The third-order valence-electron chi connectivity index (χ3n) is 3.32. The summed E-state index contributed by atoms with van der Waals surface area (Å²) in [6.07, 6.45) is 0.00564. The Balaban J connectivity index is 1.60. The van der Waals surface area contributed by atoms with Crippen molar-refractivity contribution in [3.63, 3.8) is 0 Å². The smallest absolute Gasteiger partial charge is 0.322 e. The van der Waals surface area contributed by atoms with E-state index >= 15 is 0 Å². The van der Waals surface area contributed by atoms with Gasteiger partial charge in [-0.25, -0.2) is 0 Å². The van der Waals surface area contributed by atoms with E-state index in [1.165, 1.54) is 0 Å². The van der Waals surface area contributed by atoms with Crippen LogP contribution in [0, 0.1) is 0 Å². The van der Waals surface area contributed by atoms with Gasteiger partial charge < -0.3 is 19.7 Å². The van der Waals surface area contributed by atoms with E-state index in [2.05, 4.69) is 29.9 Å². The highest BCUT2D eigenvalue weighted by Gasteiger charge is 2.12. The zero-order valence-corrected chi connectivity index (χ0v) is 17.3. The maximum absolute atomic E-state index is 9.97. The Hall–Kier alpha value is -1.30. The van der Waals surface area contributed by atoms with Gasteiger partial charge in [0, 0.05) is 12.8 Å². The van der Waals surface area contributed by atoms with Crippen LogP contribution in [0.2, 0.25) is 21.1 Å². The molecule has 10 nitrogen and oxygen atoms in total. The topological polar surface area (TPSA) is 136 Å². The molecule has 0 spiro atoms. The van der Waals surface area contributed by atoms with Crippen molar-refractivity contribution in [2.45, 2.75) is 37.9 Å². The number of aliphatic hydroxyl groups excluding tert-OH is 2. The van der Waals surface area contributed by atoms with Gasteiger partial charge in [-0.2, -0.15) is 29.9 Å². The number of nitrogens with zero attached hydrogens (tertiary/aromatic N) is 6. The minimum Gasteiger partial charge on any atom is -0.463 e. The summed E-state index contributed by atoms with van der Waals surface area (Å²) in [5.41, 5.74) is 0. The quantitative estimate of drug-likeness (QED) is 0.500. The molecule has 2 unspecified atom stereocenters. The Bertz CT molecular complexity index is 671. The molecule has 14 heteroatoms. The van der Waals surface area contributed by atoms with Crippen LogP contribution in [0.3, 0.4) is 0 Å². The van der Waals surface area contributed by atoms with Crippen molar-refractivity contribution in [1.29, 1.82) is 0 Å². The molecule has 0 bridgehead atoms. The van der Waals surface area contributed by atoms with Gasteiger partial charge in [0.05, 0.1) is 25.4 Å². The summed E-state index contributed by atoms with van der Waals surface area (Å²) in [7, 11) is 0. The number of rotatable bonds is 11. The second kappa shape index (κ2) is 11.6. The molecule has 2 atom stereocenters. The van der Waals surface area contributed by atoms with Crippen LogP contribution in [0.1, 0.15) is 25.7 Å². The molecule has 0 aromatic carbocycles. The van der Waals surface area contributed by atoms with Gasteiger partial charge in [-0.1, -0.05) is 0 Å². The average molecular weight is 474 g/mol. The lowest BCUT2D eigenvalue weighted by Crippen LogP contribution is -2.18. The second-order valence-electron chi connectivity index (χ2n) is 5.47. The molecule has 0 amide bonds. The van der Waals surface area contributed by atoms with Crippen LogP contribution < -0.4 is 9.47 Å². The van der Waals surface area contributed by atoms with Gasteiger partial charge >= 0.3 is 12.0 Å². The third kappa shape index (κ3) is 8.80. The first kappa shape index (κ1) is 23.0.